The van der Waals surface area contributed by atoms with E-state index in [2.05, 4.69) is 15.2 Å². The predicted molar refractivity (Wildman–Crippen MR) is 113 cm³/mol. The Bertz CT molecular complexity index is 1080. The standard InChI is InChI=1S/C22H21N5O2/c1-26-19-14-23-22-24-15-7-6-8-16(13-15)29-12-5-4-11-27(20(19)25-22)18-10-3-2-9-17(18)21(26)28/h2-3,6-10,13-14H,4-5,11-12H2,1H3,(H,23,24,25). The number of anilines is 5. The Balaban J connectivity index is 1.67. The van der Waals surface area contributed by atoms with Gasteiger partial charge in [0.15, 0.2) is 5.82 Å². The number of carbonyl (C=O) groups excluding carboxylic acids is 1. The number of fused-ring (bicyclic) bond motifs is 5. The summed E-state index contributed by atoms with van der Waals surface area (Å²) in [5.74, 6) is 1.95. The number of hydrogen-bond donors (Lipinski definition) is 1. The van der Waals surface area contributed by atoms with Crippen LogP contribution in [0.25, 0.3) is 0 Å². The van der Waals surface area contributed by atoms with Crippen molar-refractivity contribution in [3.05, 3.63) is 60.3 Å². The van der Waals surface area contributed by atoms with Crippen molar-refractivity contribution in [1.82, 2.24) is 9.97 Å². The van der Waals surface area contributed by atoms with Gasteiger partial charge in [-0.15, -0.1) is 0 Å². The summed E-state index contributed by atoms with van der Waals surface area (Å²) in [6, 6.07) is 15.5. The monoisotopic (exact) mass is 387 g/mol. The van der Waals surface area contributed by atoms with E-state index >= 15 is 0 Å². The van der Waals surface area contributed by atoms with Crippen LogP contribution in [0.5, 0.6) is 5.75 Å². The normalized spacial score (nSPS) is 15.7. The van der Waals surface area contributed by atoms with Crippen molar-refractivity contribution in [3.63, 3.8) is 0 Å². The highest BCUT2D eigenvalue weighted by atomic mass is 16.5. The Morgan fingerprint density at radius 3 is 2.90 bits per heavy atom. The van der Waals surface area contributed by atoms with Crippen molar-refractivity contribution in [2.24, 2.45) is 0 Å². The molecule has 0 fully saturated rings. The summed E-state index contributed by atoms with van der Waals surface area (Å²) < 4.78 is 5.89. The van der Waals surface area contributed by atoms with E-state index in [0.717, 1.165) is 42.3 Å². The first-order chi connectivity index (χ1) is 14.2. The number of nitrogens with zero attached hydrogens (tertiary/aromatic N) is 4. The fourth-order valence-electron chi connectivity index (χ4n) is 3.74. The molecule has 1 aromatic heterocycles. The van der Waals surface area contributed by atoms with Crippen LogP contribution in [0, 0.1) is 0 Å². The summed E-state index contributed by atoms with van der Waals surface area (Å²) >= 11 is 0. The molecule has 0 unspecified atom stereocenters. The van der Waals surface area contributed by atoms with Gasteiger partial charge in [-0.25, -0.2) is 4.98 Å². The number of aromatic nitrogens is 2. The second-order valence-electron chi connectivity index (χ2n) is 7.14. The molecule has 0 saturated carbocycles. The van der Waals surface area contributed by atoms with Crippen molar-refractivity contribution in [2.75, 3.05) is 35.3 Å². The molecule has 7 heteroatoms. The average molecular weight is 387 g/mol. The van der Waals surface area contributed by atoms with Crippen LogP contribution in [0.1, 0.15) is 23.2 Å². The molecular formula is C22H21N5O2. The lowest BCUT2D eigenvalue weighted by Crippen LogP contribution is -2.25. The topological polar surface area (TPSA) is 70.6 Å². The number of ether oxygens (including phenoxy) is 1. The highest BCUT2D eigenvalue weighted by Gasteiger charge is 2.30. The zero-order valence-corrected chi connectivity index (χ0v) is 16.1. The van der Waals surface area contributed by atoms with Gasteiger partial charge in [0.2, 0.25) is 5.95 Å². The summed E-state index contributed by atoms with van der Waals surface area (Å²) in [5, 5.41) is 3.26. The Kier molecular flexibility index (Phi) is 4.27. The SMILES string of the molecule is CN1C(=O)c2ccccc2N2CCCCOc3cccc(c3)Nc3ncc1c2n3. The number of nitrogens with one attached hydrogen (secondary N) is 1. The van der Waals surface area contributed by atoms with E-state index in [1.807, 2.05) is 48.5 Å². The van der Waals surface area contributed by atoms with E-state index in [-0.39, 0.29) is 5.91 Å². The largest absolute Gasteiger partial charge is 0.494 e. The Hall–Kier alpha value is -3.61. The molecule has 2 aliphatic rings. The third kappa shape index (κ3) is 3.14. The van der Waals surface area contributed by atoms with Gasteiger partial charge in [-0.3, -0.25) is 4.79 Å². The molecule has 2 aliphatic heterocycles. The molecule has 5 rings (SSSR count). The molecule has 29 heavy (non-hydrogen) atoms. The Morgan fingerprint density at radius 1 is 1.07 bits per heavy atom. The molecule has 0 radical (unpaired) electrons. The molecule has 0 saturated heterocycles. The summed E-state index contributed by atoms with van der Waals surface area (Å²) in [6.45, 7) is 1.36. The van der Waals surface area contributed by atoms with Crippen LogP contribution in [0.4, 0.5) is 28.8 Å². The second kappa shape index (κ2) is 7.09. The van der Waals surface area contributed by atoms with E-state index in [0.29, 0.717) is 23.8 Å². The number of benzene rings is 2. The van der Waals surface area contributed by atoms with Gasteiger partial charge in [0.1, 0.15) is 11.4 Å². The summed E-state index contributed by atoms with van der Waals surface area (Å²) in [4.78, 5) is 26.1. The molecule has 3 heterocycles. The molecule has 146 valence electrons. The van der Waals surface area contributed by atoms with Crippen LogP contribution < -0.4 is 19.9 Å². The van der Waals surface area contributed by atoms with E-state index in [4.69, 9.17) is 9.72 Å². The quantitative estimate of drug-likeness (QED) is 0.626. The molecular weight excluding hydrogens is 366 g/mol. The highest BCUT2D eigenvalue weighted by Crippen LogP contribution is 2.39. The molecule has 0 spiro atoms. The zero-order chi connectivity index (χ0) is 19.8. The van der Waals surface area contributed by atoms with E-state index in [1.165, 1.54) is 0 Å². The maximum absolute atomic E-state index is 13.1. The number of rotatable bonds is 0. The lowest BCUT2D eigenvalue weighted by atomic mass is 10.1. The zero-order valence-electron chi connectivity index (χ0n) is 16.1. The van der Waals surface area contributed by atoms with Gasteiger partial charge in [0.05, 0.1) is 24.1 Å². The van der Waals surface area contributed by atoms with Gasteiger partial charge in [-0.1, -0.05) is 18.2 Å². The summed E-state index contributed by atoms with van der Waals surface area (Å²) in [6.07, 6.45) is 3.51. The van der Waals surface area contributed by atoms with Crippen molar-refractivity contribution < 1.29 is 9.53 Å². The fourth-order valence-corrected chi connectivity index (χ4v) is 3.74. The molecule has 0 aliphatic carbocycles. The first kappa shape index (κ1) is 17.5. The van der Waals surface area contributed by atoms with Gasteiger partial charge in [0.25, 0.3) is 5.91 Å². The van der Waals surface area contributed by atoms with Crippen LogP contribution >= 0.6 is 0 Å². The van der Waals surface area contributed by atoms with Gasteiger partial charge >= 0.3 is 0 Å². The smallest absolute Gasteiger partial charge is 0.260 e. The van der Waals surface area contributed by atoms with Crippen molar-refractivity contribution in [3.8, 4) is 5.75 Å². The Morgan fingerprint density at radius 2 is 1.97 bits per heavy atom. The van der Waals surface area contributed by atoms with Crippen LogP contribution in [0.3, 0.4) is 0 Å². The van der Waals surface area contributed by atoms with Crippen molar-refractivity contribution >= 4 is 34.7 Å². The minimum absolute atomic E-state index is 0.0641. The van der Waals surface area contributed by atoms with Gasteiger partial charge in [-0.05, 0) is 37.1 Å². The van der Waals surface area contributed by atoms with Gasteiger partial charge in [-0.2, -0.15) is 4.98 Å². The van der Waals surface area contributed by atoms with Crippen LogP contribution in [-0.2, 0) is 0 Å². The minimum Gasteiger partial charge on any atom is -0.494 e. The Labute approximate surface area is 169 Å². The van der Waals surface area contributed by atoms with Gasteiger partial charge < -0.3 is 19.9 Å². The molecule has 1 amide bonds. The predicted octanol–water partition coefficient (Wildman–Crippen LogP) is 4.12. The molecule has 2 aromatic carbocycles. The number of para-hydroxylation sites is 1. The molecule has 7 nitrogen and oxygen atoms in total. The summed E-state index contributed by atoms with van der Waals surface area (Å²) in [7, 11) is 1.77. The third-order valence-corrected chi connectivity index (χ3v) is 5.23. The molecule has 0 atom stereocenters. The van der Waals surface area contributed by atoms with Crippen molar-refractivity contribution in [2.45, 2.75) is 12.8 Å². The molecule has 4 bridgehead atoms. The minimum atomic E-state index is -0.0641. The van der Waals surface area contributed by atoms with Crippen LogP contribution in [-0.4, -0.2) is 36.1 Å². The first-order valence-electron chi connectivity index (χ1n) is 9.72. The summed E-state index contributed by atoms with van der Waals surface area (Å²) in [5.41, 5.74) is 3.07. The molecule has 1 N–H and O–H groups in total. The lowest BCUT2D eigenvalue weighted by Gasteiger charge is -2.25. The van der Waals surface area contributed by atoms with Crippen LogP contribution in [0.15, 0.2) is 54.7 Å². The maximum atomic E-state index is 13.1. The fraction of sp³-hybridized carbons (Fsp3) is 0.227. The van der Waals surface area contributed by atoms with E-state index < -0.39 is 0 Å². The average Bonchev–Trinajstić information content (AvgIpc) is 2.82. The van der Waals surface area contributed by atoms with Crippen LogP contribution in [0.2, 0.25) is 0 Å². The third-order valence-electron chi connectivity index (χ3n) is 5.23. The van der Waals surface area contributed by atoms with Crippen molar-refractivity contribution in [1.29, 1.82) is 0 Å². The van der Waals surface area contributed by atoms with E-state index in [9.17, 15) is 4.79 Å². The second-order valence-corrected chi connectivity index (χ2v) is 7.14. The number of amides is 1. The maximum Gasteiger partial charge on any atom is 0.260 e. The lowest BCUT2D eigenvalue weighted by molar-refractivity contribution is 0.0994. The number of hydrogen-bond acceptors (Lipinski definition) is 6. The molecule has 3 aromatic rings. The highest BCUT2D eigenvalue weighted by molar-refractivity contribution is 6.13. The number of carbonyl (C=O) groups is 1. The van der Waals surface area contributed by atoms with Gasteiger partial charge in [0, 0.05) is 25.3 Å². The van der Waals surface area contributed by atoms with E-state index in [1.54, 1.807) is 18.1 Å². The first-order valence-corrected chi connectivity index (χ1v) is 9.72.